The third kappa shape index (κ3) is 2.38. The summed E-state index contributed by atoms with van der Waals surface area (Å²) < 4.78 is 8.38. The highest BCUT2D eigenvalue weighted by Gasteiger charge is 2.40. The highest BCUT2D eigenvalue weighted by atomic mass is 16.5. The summed E-state index contributed by atoms with van der Waals surface area (Å²) in [6.45, 7) is 0.503. The summed E-state index contributed by atoms with van der Waals surface area (Å²) in [5.41, 5.74) is 0.144. The van der Waals surface area contributed by atoms with E-state index in [1.165, 1.54) is 0 Å². The van der Waals surface area contributed by atoms with Crippen molar-refractivity contribution in [1.29, 1.82) is 5.26 Å². The molecule has 24 heavy (non-hydrogen) atoms. The molecule has 0 bridgehead atoms. The Kier molecular flexibility index (Phi) is 3.43. The number of nitrogens with one attached hydrogen (secondary N) is 1. The normalized spacial score (nSPS) is 22.5. The second-order valence-electron chi connectivity index (χ2n) is 5.84. The quantitative estimate of drug-likeness (QED) is 0.801. The molecule has 118 valence electrons. The number of ether oxygens (including phenoxy) is 1. The zero-order valence-electron chi connectivity index (χ0n) is 13.0. The van der Waals surface area contributed by atoms with Gasteiger partial charge in [0.25, 0.3) is 0 Å². The molecule has 2 unspecified atom stereocenters. The Morgan fingerprint density at radius 1 is 1.33 bits per heavy atom. The lowest BCUT2D eigenvalue weighted by atomic mass is 9.84. The molecule has 0 aliphatic heterocycles. The van der Waals surface area contributed by atoms with Crippen molar-refractivity contribution in [2.45, 2.75) is 12.1 Å². The van der Waals surface area contributed by atoms with Crippen LogP contribution in [0.4, 0.5) is 0 Å². The molecule has 0 spiro atoms. The van der Waals surface area contributed by atoms with Crippen LogP contribution in [0.1, 0.15) is 0 Å². The monoisotopic (exact) mass is 316 g/mol. The van der Waals surface area contributed by atoms with E-state index < -0.39 is 11.5 Å². The first-order chi connectivity index (χ1) is 11.8. The molecule has 0 amide bonds. The Hall–Kier alpha value is -3.26. The van der Waals surface area contributed by atoms with Crippen LogP contribution in [0.15, 0.2) is 73.5 Å². The van der Waals surface area contributed by atoms with Crippen molar-refractivity contribution in [2.24, 2.45) is 5.92 Å². The van der Waals surface area contributed by atoms with Crippen molar-refractivity contribution in [3.05, 3.63) is 73.5 Å². The highest BCUT2D eigenvalue weighted by Crippen LogP contribution is 2.35. The van der Waals surface area contributed by atoms with Gasteiger partial charge in [-0.2, -0.15) is 5.26 Å². The van der Waals surface area contributed by atoms with Crippen LogP contribution in [0.5, 0.6) is 5.75 Å². The van der Waals surface area contributed by atoms with E-state index in [2.05, 4.69) is 16.0 Å². The van der Waals surface area contributed by atoms with Crippen LogP contribution in [0.25, 0.3) is 10.9 Å². The molecule has 1 aromatic carbocycles. The van der Waals surface area contributed by atoms with Crippen LogP contribution in [0, 0.1) is 17.2 Å². The summed E-state index contributed by atoms with van der Waals surface area (Å²) in [7, 11) is 0. The second-order valence-corrected chi connectivity index (χ2v) is 5.84. The largest absolute Gasteiger partial charge is 0.477 e. The number of aromatic amines is 1. The van der Waals surface area contributed by atoms with Crippen molar-refractivity contribution >= 4 is 10.9 Å². The summed E-state index contributed by atoms with van der Waals surface area (Å²) in [6.07, 6.45) is 14.9. The van der Waals surface area contributed by atoms with E-state index >= 15 is 0 Å². The average molecular weight is 316 g/mol. The molecule has 1 aliphatic carbocycles. The fraction of sp³-hybridized carbons (Fsp3) is 0.158. The van der Waals surface area contributed by atoms with Crippen molar-refractivity contribution < 1.29 is 4.74 Å². The molecular formula is C19H16N4O. The Morgan fingerprint density at radius 2 is 2.29 bits per heavy atom. The number of nitrogens with zero attached hydrogens (tertiary/aromatic N) is 3. The zero-order chi connectivity index (χ0) is 16.4. The summed E-state index contributed by atoms with van der Waals surface area (Å²) in [5.74, 6) is 0.341. The third-order valence-electron chi connectivity index (χ3n) is 4.30. The zero-order valence-corrected chi connectivity index (χ0v) is 13.0. The van der Waals surface area contributed by atoms with Gasteiger partial charge in [0.05, 0.1) is 24.5 Å². The van der Waals surface area contributed by atoms with Gasteiger partial charge in [0, 0.05) is 24.0 Å². The van der Waals surface area contributed by atoms with Gasteiger partial charge in [0.15, 0.2) is 5.60 Å². The molecule has 1 aliphatic rings. The van der Waals surface area contributed by atoms with Gasteiger partial charge in [-0.3, -0.25) is 0 Å². The Morgan fingerprint density at radius 3 is 3.12 bits per heavy atom. The first-order valence-corrected chi connectivity index (χ1v) is 7.77. The Labute approximate surface area is 139 Å². The van der Waals surface area contributed by atoms with E-state index in [1.54, 1.807) is 12.5 Å². The summed E-state index contributed by atoms with van der Waals surface area (Å²) in [4.78, 5) is 7.31. The van der Waals surface area contributed by atoms with E-state index in [1.807, 2.05) is 65.5 Å². The first kappa shape index (κ1) is 14.3. The summed E-state index contributed by atoms with van der Waals surface area (Å²) in [5, 5.41) is 10.7. The van der Waals surface area contributed by atoms with Crippen molar-refractivity contribution in [1.82, 2.24) is 14.5 Å². The maximum Gasteiger partial charge on any atom is 0.164 e. The lowest BCUT2D eigenvalue weighted by Crippen LogP contribution is -2.45. The number of imidazole rings is 1. The van der Waals surface area contributed by atoms with Gasteiger partial charge in [0.1, 0.15) is 11.7 Å². The molecule has 3 aromatic rings. The van der Waals surface area contributed by atoms with Crippen LogP contribution < -0.4 is 4.74 Å². The SMILES string of the molecule is N#CC1C=CC=CC1(Cn1ccnc1)Oc1cccc2cc[nH]c12. The lowest BCUT2D eigenvalue weighted by Gasteiger charge is -2.36. The van der Waals surface area contributed by atoms with Gasteiger partial charge in [-0.25, -0.2) is 4.98 Å². The molecule has 0 fully saturated rings. The second kappa shape index (κ2) is 5.74. The number of aromatic nitrogens is 3. The Bertz CT molecular complexity index is 945. The van der Waals surface area contributed by atoms with Crippen LogP contribution in [0.3, 0.4) is 0 Å². The fourth-order valence-electron chi connectivity index (χ4n) is 3.10. The molecule has 2 heterocycles. The predicted octanol–water partition coefficient (Wildman–Crippen LogP) is 3.45. The molecule has 0 radical (unpaired) electrons. The van der Waals surface area contributed by atoms with Gasteiger partial charge in [-0.15, -0.1) is 0 Å². The molecule has 1 N–H and O–H groups in total. The minimum Gasteiger partial charge on any atom is -0.477 e. The molecule has 5 nitrogen and oxygen atoms in total. The van der Waals surface area contributed by atoms with Crippen LogP contribution in [0.2, 0.25) is 0 Å². The lowest BCUT2D eigenvalue weighted by molar-refractivity contribution is 0.0767. The van der Waals surface area contributed by atoms with Crippen molar-refractivity contribution in [3.8, 4) is 11.8 Å². The summed E-state index contributed by atoms with van der Waals surface area (Å²) >= 11 is 0. The maximum atomic E-state index is 9.66. The minimum absolute atomic E-state index is 0.393. The molecular weight excluding hydrogens is 300 g/mol. The number of H-pyrrole nitrogens is 1. The van der Waals surface area contributed by atoms with E-state index in [4.69, 9.17) is 4.74 Å². The number of hydrogen-bond donors (Lipinski definition) is 1. The van der Waals surface area contributed by atoms with Gasteiger partial charge in [-0.05, 0) is 18.2 Å². The minimum atomic E-state index is -0.788. The summed E-state index contributed by atoms with van der Waals surface area (Å²) in [6, 6.07) is 10.3. The number of allylic oxidation sites excluding steroid dienone is 2. The predicted molar refractivity (Wildman–Crippen MR) is 91.3 cm³/mol. The van der Waals surface area contributed by atoms with Crippen LogP contribution >= 0.6 is 0 Å². The van der Waals surface area contributed by atoms with E-state index in [-0.39, 0.29) is 0 Å². The van der Waals surface area contributed by atoms with E-state index in [0.717, 1.165) is 16.7 Å². The number of para-hydroxylation sites is 1. The van der Waals surface area contributed by atoms with Crippen LogP contribution in [-0.4, -0.2) is 20.1 Å². The molecule has 2 aromatic heterocycles. The van der Waals surface area contributed by atoms with Gasteiger partial charge < -0.3 is 14.3 Å². The van der Waals surface area contributed by atoms with Gasteiger partial charge in [-0.1, -0.05) is 30.4 Å². The molecule has 0 saturated carbocycles. The number of benzene rings is 1. The van der Waals surface area contributed by atoms with Crippen LogP contribution in [-0.2, 0) is 6.54 Å². The standard InChI is InChI=1S/C19H16N4O/c20-12-16-5-1-2-8-19(16,13-23-11-10-21-14-23)24-17-6-3-4-15-7-9-22-18(15)17/h1-11,14,16,22H,13H2. The third-order valence-corrected chi connectivity index (χ3v) is 4.30. The van der Waals surface area contributed by atoms with E-state index in [9.17, 15) is 5.26 Å². The molecule has 2 atom stereocenters. The Balaban J connectivity index is 1.78. The highest BCUT2D eigenvalue weighted by molar-refractivity contribution is 5.85. The molecule has 4 rings (SSSR count). The smallest absolute Gasteiger partial charge is 0.164 e. The van der Waals surface area contributed by atoms with Crippen molar-refractivity contribution in [2.75, 3.05) is 0 Å². The number of nitriles is 1. The van der Waals surface area contributed by atoms with Gasteiger partial charge in [0.2, 0.25) is 0 Å². The first-order valence-electron chi connectivity index (χ1n) is 7.77. The maximum absolute atomic E-state index is 9.66. The molecule has 5 heteroatoms. The average Bonchev–Trinajstić information content (AvgIpc) is 3.27. The van der Waals surface area contributed by atoms with Crippen molar-refractivity contribution in [3.63, 3.8) is 0 Å². The number of fused-ring (bicyclic) bond motifs is 1. The topological polar surface area (TPSA) is 66.6 Å². The molecule has 0 saturated heterocycles. The number of hydrogen-bond acceptors (Lipinski definition) is 3. The fourth-order valence-corrected chi connectivity index (χ4v) is 3.10. The number of rotatable bonds is 4. The van der Waals surface area contributed by atoms with E-state index in [0.29, 0.717) is 6.54 Å². The van der Waals surface area contributed by atoms with Gasteiger partial charge >= 0.3 is 0 Å².